The third kappa shape index (κ3) is 34.4. The van der Waals surface area contributed by atoms with Crippen LogP contribution in [0, 0.1) is 0 Å². The van der Waals surface area contributed by atoms with Crippen LogP contribution >= 0.6 is 0 Å². The predicted octanol–water partition coefficient (Wildman–Crippen LogP) is 9.78. The lowest BCUT2D eigenvalue weighted by molar-refractivity contribution is -0.379. The van der Waals surface area contributed by atoms with Crippen LogP contribution < -0.4 is 5.32 Å². The average molecular weight is 1280 g/mol. The molecule has 3 saturated heterocycles. The van der Waals surface area contributed by atoms with Crippen molar-refractivity contribution in [3.05, 3.63) is 48.6 Å². The van der Waals surface area contributed by atoms with Crippen LogP contribution in [0.4, 0.5) is 0 Å². The molecule has 17 unspecified atom stereocenters. The summed E-state index contributed by atoms with van der Waals surface area (Å²) in [5, 5.41) is 120. The molecule has 17 atom stereocenters. The van der Waals surface area contributed by atoms with Crippen LogP contribution in [0.5, 0.6) is 0 Å². The third-order valence-electron chi connectivity index (χ3n) is 17.8. The highest BCUT2D eigenvalue weighted by Gasteiger charge is 2.53. The molecule has 90 heavy (non-hydrogen) atoms. The topological polar surface area (TPSA) is 307 Å². The minimum atomic E-state index is -1.98. The Morgan fingerprint density at radius 3 is 1.19 bits per heavy atom. The first-order valence-electron chi connectivity index (χ1n) is 35.9. The van der Waals surface area contributed by atoms with Crippen LogP contribution in [0.25, 0.3) is 0 Å². The summed E-state index contributed by atoms with van der Waals surface area (Å²) in [5.74, 6) is -0.298. The van der Waals surface area contributed by atoms with Crippen molar-refractivity contribution in [3.63, 3.8) is 0 Å². The van der Waals surface area contributed by atoms with Crippen molar-refractivity contribution < 1.29 is 89.4 Å². The molecule has 3 aliphatic heterocycles. The maximum Gasteiger partial charge on any atom is 0.220 e. The number of hydrogen-bond acceptors (Lipinski definition) is 18. The van der Waals surface area contributed by atoms with Gasteiger partial charge in [-0.15, -0.1) is 0 Å². The van der Waals surface area contributed by atoms with E-state index >= 15 is 0 Å². The van der Waals surface area contributed by atoms with Gasteiger partial charge in [0.05, 0.1) is 38.6 Å². The highest BCUT2D eigenvalue weighted by atomic mass is 16.8. The molecule has 3 rings (SSSR count). The second-order valence-electron chi connectivity index (χ2n) is 25.7. The van der Waals surface area contributed by atoms with Gasteiger partial charge in [0.15, 0.2) is 18.9 Å². The van der Waals surface area contributed by atoms with Gasteiger partial charge < -0.3 is 89.9 Å². The van der Waals surface area contributed by atoms with E-state index < -0.39 is 124 Å². The maximum absolute atomic E-state index is 13.4. The molecular weight excluding hydrogens is 1150 g/mol. The highest BCUT2D eigenvalue weighted by molar-refractivity contribution is 5.76. The van der Waals surface area contributed by atoms with Crippen molar-refractivity contribution in [1.29, 1.82) is 0 Å². The zero-order valence-electron chi connectivity index (χ0n) is 55.6. The Bertz CT molecular complexity index is 1820. The predicted molar refractivity (Wildman–Crippen MR) is 351 cm³/mol. The van der Waals surface area contributed by atoms with Crippen molar-refractivity contribution >= 4 is 5.91 Å². The SMILES string of the molecule is CCCCCC/C=C\C/C=C\CCCCCCCC(=O)NC(COC1OC(CO)C(OC2OC(CO)C(OC3OC(CO)C(O)C(O)C3O)C(O)C2O)C(O)C1O)C(O)/C=C/CC/C=C/CCCCCCCCCCCCCCCCCCCCCCCCC. The lowest BCUT2D eigenvalue weighted by Gasteiger charge is -2.48. The molecule has 0 spiro atoms. The van der Waals surface area contributed by atoms with E-state index in [9.17, 15) is 61.0 Å². The average Bonchev–Trinajstić information content (AvgIpc) is 1.16. The number of ether oxygens (including phenoxy) is 6. The van der Waals surface area contributed by atoms with E-state index in [4.69, 9.17) is 28.4 Å². The van der Waals surface area contributed by atoms with Crippen molar-refractivity contribution in [2.45, 2.75) is 369 Å². The summed E-state index contributed by atoms with van der Waals surface area (Å²) in [4.78, 5) is 13.4. The zero-order valence-corrected chi connectivity index (χ0v) is 55.6. The van der Waals surface area contributed by atoms with Gasteiger partial charge in [-0.2, -0.15) is 0 Å². The van der Waals surface area contributed by atoms with Gasteiger partial charge >= 0.3 is 0 Å². The standard InChI is InChI=1S/C71H129NO18/c1-3-5-7-9-11-13-15-17-19-21-22-23-24-25-26-27-28-29-30-31-32-33-34-36-38-40-42-44-46-48-55(76)54(72-59(77)49-47-45-43-41-39-37-35-20-18-16-14-12-10-8-6-4-2)53-85-69-65(83)62(80)67(57(51-74)87-69)90-71-66(84)63(81)68(58(52-75)88-71)89-70-64(82)61(79)60(78)56(50-73)86-70/h14,16,20,35,38,40,46,48,54-58,60-71,73-76,78-84H,3-13,15,17-19,21-34,36-37,39,41-45,47,49-53H2,1-2H3,(H,72,77)/b16-14-,35-20-,40-38+,48-46+. The molecule has 1 amide bonds. The summed E-state index contributed by atoms with van der Waals surface area (Å²) in [5.41, 5.74) is 0. The lowest BCUT2D eigenvalue weighted by Crippen LogP contribution is -2.66. The monoisotopic (exact) mass is 1280 g/mol. The first kappa shape index (κ1) is 82.0. The Hall–Kier alpha value is -2.25. The van der Waals surface area contributed by atoms with E-state index in [0.717, 1.165) is 64.2 Å². The van der Waals surface area contributed by atoms with Gasteiger partial charge in [0, 0.05) is 6.42 Å². The Kier molecular flexibility index (Phi) is 48.2. The largest absolute Gasteiger partial charge is 0.394 e. The van der Waals surface area contributed by atoms with E-state index in [-0.39, 0.29) is 18.9 Å². The van der Waals surface area contributed by atoms with Gasteiger partial charge in [-0.3, -0.25) is 4.79 Å². The molecule has 0 aromatic rings. The third-order valence-corrected chi connectivity index (χ3v) is 17.8. The molecule has 0 radical (unpaired) electrons. The highest BCUT2D eigenvalue weighted by Crippen LogP contribution is 2.33. The second-order valence-corrected chi connectivity index (χ2v) is 25.7. The number of aliphatic hydroxyl groups excluding tert-OH is 11. The van der Waals surface area contributed by atoms with Crippen LogP contribution in [0.15, 0.2) is 48.6 Å². The van der Waals surface area contributed by atoms with Gasteiger partial charge in [0.2, 0.25) is 5.91 Å². The summed E-state index contributed by atoms with van der Waals surface area (Å²) in [6.45, 7) is 1.70. The quantitative estimate of drug-likeness (QED) is 0.0199. The molecule has 12 N–H and O–H groups in total. The number of carbonyl (C=O) groups is 1. The normalized spacial score (nSPS) is 28.3. The fourth-order valence-corrected chi connectivity index (χ4v) is 12.0. The number of unbranched alkanes of at least 4 members (excludes halogenated alkanes) is 33. The minimum Gasteiger partial charge on any atom is -0.394 e. The Morgan fingerprint density at radius 1 is 0.400 bits per heavy atom. The van der Waals surface area contributed by atoms with E-state index in [1.807, 2.05) is 6.08 Å². The second kappa shape index (κ2) is 53.0. The molecule has 19 heteroatoms. The van der Waals surface area contributed by atoms with Gasteiger partial charge in [-0.1, -0.05) is 242 Å². The number of carbonyl (C=O) groups excluding carboxylic acids is 1. The van der Waals surface area contributed by atoms with E-state index in [1.54, 1.807) is 6.08 Å². The van der Waals surface area contributed by atoms with Crippen molar-refractivity contribution in [1.82, 2.24) is 5.32 Å². The maximum atomic E-state index is 13.4. The van der Waals surface area contributed by atoms with Crippen molar-refractivity contribution in [3.8, 4) is 0 Å². The van der Waals surface area contributed by atoms with Gasteiger partial charge in [0.1, 0.15) is 73.2 Å². The summed E-state index contributed by atoms with van der Waals surface area (Å²) >= 11 is 0. The van der Waals surface area contributed by atoms with Gasteiger partial charge in [0.25, 0.3) is 0 Å². The molecule has 526 valence electrons. The van der Waals surface area contributed by atoms with Crippen LogP contribution in [0.1, 0.15) is 264 Å². The Morgan fingerprint density at radius 2 is 0.744 bits per heavy atom. The molecule has 19 nitrogen and oxygen atoms in total. The molecule has 0 bridgehead atoms. The fraction of sp³-hybridized carbons (Fsp3) is 0.873. The zero-order chi connectivity index (χ0) is 65.4. The number of nitrogens with one attached hydrogen (secondary N) is 1. The molecule has 0 aromatic heterocycles. The molecule has 3 heterocycles. The molecular formula is C71H129NO18. The summed E-state index contributed by atoms with van der Waals surface area (Å²) in [7, 11) is 0. The fourth-order valence-electron chi connectivity index (χ4n) is 12.0. The number of aliphatic hydroxyl groups is 11. The smallest absolute Gasteiger partial charge is 0.220 e. The van der Waals surface area contributed by atoms with Gasteiger partial charge in [-0.25, -0.2) is 0 Å². The summed E-state index contributed by atoms with van der Waals surface area (Å²) in [6.07, 6.45) is 36.8. The summed E-state index contributed by atoms with van der Waals surface area (Å²) in [6, 6.07) is -0.999. The van der Waals surface area contributed by atoms with Gasteiger partial charge in [-0.05, 0) is 64.2 Å². The molecule has 3 fully saturated rings. The number of amides is 1. The van der Waals surface area contributed by atoms with E-state index in [1.165, 1.54) is 167 Å². The molecule has 3 aliphatic rings. The number of allylic oxidation sites excluding steroid dienone is 7. The first-order chi connectivity index (χ1) is 43.8. The number of hydrogen-bond donors (Lipinski definition) is 12. The van der Waals surface area contributed by atoms with Crippen molar-refractivity contribution in [2.24, 2.45) is 0 Å². The van der Waals surface area contributed by atoms with Crippen LogP contribution in [-0.2, 0) is 33.2 Å². The summed E-state index contributed by atoms with van der Waals surface area (Å²) < 4.78 is 34.3. The first-order valence-corrected chi connectivity index (χ1v) is 35.9. The number of rotatable bonds is 55. The van der Waals surface area contributed by atoms with E-state index in [0.29, 0.717) is 12.8 Å². The van der Waals surface area contributed by atoms with Crippen LogP contribution in [0.3, 0.4) is 0 Å². The molecule has 0 saturated carbocycles. The van der Waals surface area contributed by atoms with Crippen LogP contribution in [-0.4, -0.2) is 193 Å². The molecule has 0 aromatic carbocycles. The van der Waals surface area contributed by atoms with E-state index in [2.05, 4.69) is 55.6 Å². The Labute approximate surface area is 542 Å². The Balaban J connectivity index is 1.42. The lowest BCUT2D eigenvalue weighted by atomic mass is 9.96. The van der Waals surface area contributed by atoms with Crippen LogP contribution in [0.2, 0.25) is 0 Å². The van der Waals surface area contributed by atoms with Crippen molar-refractivity contribution in [2.75, 3.05) is 26.4 Å². The minimum absolute atomic E-state index is 0.219. The molecule has 0 aliphatic carbocycles.